The minimum absolute atomic E-state index is 0.136. The summed E-state index contributed by atoms with van der Waals surface area (Å²) in [5.41, 5.74) is 3.18. The van der Waals surface area contributed by atoms with E-state index in [0.29, 0.717) is 17.6 Å². The van der Waals surface area contributed by atoms with E-state index in [1.165, 1.54) is 0 Å². The Balaban J connectivity index is 1.69. The number of aryl methyl sites for hydroxylation is 1. The second kappa shape index (κ2) is 5.85. The molecular weight excluding hydrogens is 280 g/mol. The summed E-state index contributed by atoms with van der Waals surface area (Å²) in [6, 6.07) is 12.9. The van der Waals surface area contributed by atoms with Gasteiger partial charge in [-0.2, -0.15) is 0 Å². The van der Waals surface area contributed by atoms with Gasteiger partial charge in [-0.05, 0) is 35.9 Å². The molecule has 0 aliphatic heterocycles. The quantitative estimate of drug-likeness (QED) is 0.798. The molecule has 22 heavy (non-hydrogen) atoms. The first-order valence-corrected chi connectivity index (χ1v) is 6.88. The maximum atomic E-state index is 12.2. The molecule has 112 valence electrons. The van der Waals surface area contributed by atoms with Crippen molar-refractivity contribution in [3.05, 3.63) is 53.6 Å². The van der Waals surface area contributed by atoms with Crippen LogP contribution in [0.25, 0.3) is 11.0 Å². The van der Waals surface area contributed by atoms with E-state index >= 15 is 0 Å². The van der Waals surface area contributed by atoms with Crippen molar-refractivity contribution in [2.24, 2.45) is 7.05 Å². The fourth-order valence-electron chi connectivity index (χ4n) is 2.21. The van der Waals surface area contributed by atoms with Gasteiger partial charge in [0.05, 0.1) is 12.6 Å². The number of carbonyl (C=O) groups is 1. The molecule has 1 heterocycles. The third-order valence-corrected chi connectivity index (χ3v) is 3.48. The van der Waals surface area contributed by atoms with Gasteiger partial charge in [-0.3, -0.25) is 4.79 Å². The average Bonchev–Trinajstić information content (AvgIpc) is 2.93. The van der Waals surface area contributed by atoms with Crippen LogP contribution in [0.3, 0.4) is 0 Å². The van der Waals surface area contributed by atoms with Crippen molar-refractivity contribution in [3.63, 3.8) is 0 Å². The Morgan fingerprint density at radius 2 is 2.00 bits per heavy atom. The summed E-state index contributed by atoms with van der Waals surface area (Å²) in [6.45, 7) is 0.460. The number of hydrogen-bond donors (Lipinski definition) is 1. The first-order chi connectivity index (χ1) is 10.7. The molecule has 3 rings (SSSR count). The highest BCUT2D eigenvalue weighted by Gasteiger charge is 2.09. The number of hydrogen-bond acceptors (Lipinski definition) is 4. The van der Waals surface area contributed by atoms with Gasteiger partial charge in [0.2, 0.25) is 0 Å². The number of amides is 1. The molecule has 1 N–H and O–H groups in total. The minimum Gasteiger partial charge on any atom is -0.497 e. The SMILES string of the molecule is COc1ccc(CNC(=O)c2ccc3c(c2)nnn3C)cc1. The Hall–Kier alpha value is -2.89. The first-order valence-electron chi connectivity index (χ1n) is 6.88. The highest BCUT2D eigenvalue weighted by atomic mass is 16.5. The van der Waals surface area contributed by atoms with E-state index in [1.807, 2.05) is 37.4 Å². The lowest BCUT2D eigenvalue weighted by atomic mass is 10.1. The number of benzene rings is 2. The number of fused-ring (bicyclic) bond motifs is 1. The maximum Gasteiger partial charge on any atom is 0.251 e. The standard InChI is InChI=1S/C16H16N4O2/c1-20-15-8-5-12(9-14(15)18-19-20)16(21)17-10-11-3-6-13(22-2)7-4-11/h3-9H,10H2,1-2H3,(H,17,21). The van der Waals surface area contributed by atoms with Crippen LogP contribution in [0.2, 0.25) is 0 Å². The van der Waals surface area contributed by atoms with E-state index in [-0.39, 0.29) is 5.91 Å². The van der Waals surface area contributed by atoms with Crippen LogP contribution in [0.15, 0.2) is 42.5 Å². The smallest absolute Gasteiger partial charge is 0.251 e. The third-order valence-electron chi connectivity index (χ3n) is 3.48. The Kier molecular flexibility index (Phi) is 3.74. The summed E-state index contributed by atoms with van der Waals surface area (Å²) in [4.78, 5) is 12.2. The number of nitrogens with zero attached hydrogens (tertiary/aromatic N) is 3. The maximum absolute atomic E-state index is 12.2. The Morgan fingerprint density at radius 3 is 2.73 bits per heavy atom. The van der Waals surface area contributed by atoms with Gasteiger partial charge in [0.25, 0.3) is 5.91 Å². The molecule has 0 atom stereocenters. The number of carbonyl (C=O) groups excluding carboxylic acids is 1. The van der Waals surface area contributed by atoms with Crippen LogP contribution >= 0.6 is 0 Å². The van der Waals surface area contributed by atoms with Crippen LogP contribution in [-0.4, -0.2) is 28.0 Å². The zero-order valence-corrected chi connectivity index (χ0v) is 12.4. The van der Waals surface area contributed by atoms with Crippen LogP contribution in [0, 0.1) is 0 Å². The number of ether oxygens (including phenoxy) is 1. The monoisotopic (exact) mass is 296 g/mol. The molecular formula is C16H16N4O2. The lowest BCUT2D eigenvalue weighted by molar-refractivity contribution is 0.0951. The van der Waals surface area contributed by atoms with Crippen molar-refractivity contribution in [2.75, 3.05) is 7.11 Å². The van der Waals surface area contributed by atoms with Gasteiger partial charge in [-0.1, -0.05) is 17.3 Å². The fraction of sp³-hybridized carbons (Fsp3) is 0.188. The summed E-state index contributed by atoms with van der Waals surface area (Å²) in [6.07, 6.45) is 0. The molecule has 0 radical (unpaired) electrons. The van der Waals surface area contributed by atoms with Crippen molar-refractivity contribution >= 4 is 16.9 Å². The van der Waals surface area contributed by atoms with E-state index < -0.39 is 0 Å². The molecule has 6 heteroatoms. The Bertz CT molecular complexity index is 809. The van der Waals surface area contributed by atoms with Gasteiger partial charge in [0.1, 0.15) is 11.3 Å². The van der Waals surface area contributed by atoms with Gasteiger partial charge >= 0.3 is 0 Å². The van der Waals surface area contributed by atoms with E-state index in [9.17, 15) is 4.79 Å². The molecule has 0 aliphatic rings. The lowest BCUT2D eigenvalue weighted by Crippen LogP contribution is -2.22. The number of methoxy groups -OCH3 is 1. The third kappa shape index (κ3) is 2.76. The summed E-state index contributed by atoms with van der Waals surface area (Å²) in [5.74, 6) is 0.659. The summed E-state index contributed by atoms with van der Waals surface area (Å²) in [5, 5.41) is 10.8. The molecule has 2 aromatic carbocycles. The molecule has 0 aliphatic carbocycles. The summed E-state index contributed by atoms with van der Waals surface area (Å²) < 4.78 is 6.78. The van der Waals surface area contributed by atoms with E-state index in [4.69, 9.17) is 4.74 Å². The highest BCUT2D eigenvalue weighted by molar-refractivity contribution is 5.97. The zero-order valence-electron chi connectivity index (χ0n) is 12.4. The molecule has 0 bridgehead atoms. The van der Waals surface area contributed by atoms with Crippen LogP contribution in [0.5, 0.6) is 5.75 Å². The van der Waals surface area contributed by atoms with E-state index in [1.54, 1.807) is 23.9 Å². The van der Waals surface area contributed by atoms with Crippen molar-refractivity contribution in [1.29, 1.82) is 0 Å². The molecule has 0 saturated carbocycles. The lowest BCUT2D eigenvalue weighted by Gasteiger charge is -2.06. The summed E-state index contributed by atoms with van der Waals surface area (Å²) in [7, 11) is 3.44. The Morgan fingerprint density at radius 1 is 1.23 bits per heavy atom. The van der Waals surface area contributed by atoms with E-state index in [2.05, 4.69) is 15.6 Å². The second-order valence-corrected chi connectivity index (χ2v) is 4.95. The van der Waals surface area contributed by atoms with Crippen molar-refractivity contribution < 1.29 is 9.53 Å². The van der Waals surface area contributed by atoms with Crippen LogP contribution in [0.4, 0.5) is 0 Å². The van der Waals surface area contributed by atoms with Crippen molar-refractivity contribution in [1.82, 2.24) is 20.3 Å². The van der Waals surface area contributed by atoms with Gasteiger partial charge < -0.3 is 10.1 Å². The average molecular weight is 296 g/mol. The Labute approximate surface area is 127 Å². The number of aromatic nitrogens is 3. The summed E-state index contributed by atoms with van der Waals surface area (Å²) >= 11 is 0. The first kappa shape index (κ1) is 14.1. The molecule has 0 fully saturated rings. The minimum atomic E-state index is -0.136. The van der Waals surface area contributed by atoms with Gasteiger partial charge in [-0.25, -0.2) is 4.68 Å². The zero-order chi connectivity index (χ0) is 15.5. The molecule has 6 nitrogen and oxygen atoms in total. The largest absolute Gasteiger partial charge is 0.497 e. The van der Waals surface area contributed by atoms with Crippen molar-refractivity contribution in [2.45, 2.75) is 6.54 Å². The predicted molar refractivity (Wildman–Crippen MR) is 82.7 cm³/mol. The molecule has 0 saturated heterocycles. The van der Waals surface area contributed by atoms with E-state index in [0.717, 1.165) is 16.8 Å². The van der Waals surface area contributed by atoms with Crippen LogP contribution < -0.4 is 10.1 Å². The second-order valence-electron chi connectivity index (χ2n) is 4.95. The molecule has 0 unspecified atom stereocenters. The predicted octanol–water partition coefficient (Wildman–Crippen LogP) is 1.91. The van der Waals surface area contributed by atoms with Gasteiger partial charge in [0.15, 0.2) is 0 Å². The van der Waals surface area contributed by atoms with Crippen molar-refractivity contribution in [3.8, 4) is 5.75 Å². The molecule has 1 amide bonds. The number of rotatable bonds is 4. The molecule has 1 aromatic heterocycles. The highest BCUT2D eigenvalue weighted by Crippen LogP contribution is 2.13. The number of nitrogens with one attached hydrogen (secondary N) is 1. The fourth-order valence-corrected chi connectivity index (χ4v) is 2.21. The normalized spacial score (nSPS) is 10.6. The molecule has 0 spiro atoms. The van der Waals surface area contributed by atoms with Crippen LogP contribution in [0.1, 0.15) is 15.9 Å². The molecule has 3 aromatic rings. The van der Waals surface area contributed by atoms with Gasteiger partial charge in [-0.15, -0.1) is 5.10 Å². The topological polar surface area (TPSA) is 69.0 Å². The van der Waals surface area contributed by atoms with Gasteiger partial charge in [0, 0.05) is 19.2 Å². The van der Waals surface area contributed by atoms with Crippen LogP contribution in [-0.2, 0) is 13.6 Å².